The summed E-state index contributed by atoms with van der Waals surface area (Å²) in [5.74, 6) is -1.15. The molecule has 0 N–H and O–H groups in total. The normalized spacial score (nSPS) is 14.7. The fourth-order valence-corrected chi connectivity index (χ4v) is 4.63. The van der Waals surface area contributed by atoms with Gasteiger partial charge in [0.1, 0.15) is 5.52 Å². The minimum absolute atomic E-state index is 0.247. The molecule has 0 bridgehead atoms. The molecule has 0 unspecified atom stereocenters. The number of piperazine rings is 1. The predicted octanol–water partition coefficient (Wildman–Crippen LogP) is 4.88. The maximum atomic E-state index is 12.5. The molecule has 0 saturated carbocycles. The zero-order valence-electron chi connectivity index (χ0n) is 19.6. The van der Waals surface area contributed by atoms with Crippen LogP contribution >= 0.6 is 0 Å². The Morgan fingerprint density at radius 2 is 1.59 bits per heavy atom. The highest BCUT2D eigenvalue weighted by Gasteiger charge is 2.24. The Labute approximate surface area is 199 Å². The molecule has 3 aromatic carbocycles. The predicted molar refractivity (Wildman–Crippen MR) is 135 cm³/mol. The van der Waals surface area contributed by atoms with Crippen LogP contribution < -0.4 is 10.7 Å². The number of nitrogens with zero attached hydrogens (tertiary/aromatic N) is 3. The van der Waals surface area contributed by atoms with Crippen LogP contribution in [0.3, 0.4) is 0 Å². The van der Waals surface area contributed by atoms with Crippen LogP contribution in [-0.2, 0) is 6.54 Å². The molecule has 1 saturated heterocycles. The number of oxazole rings is 1. The molecule has 1 fully saturated rings. The first-order valence-electron chi connectivity index (χ1n) is 11.8. The molecule has 0 spiro atoms. The Bertz CT molecular complexity index is 1360. The smallest absolute Gasteiger partial charge is 0.405 e. The Balaban J connectivity index is 1.30. The molecule has 0 aliphatic carbocycles. The number of carbonyl (C=O) groups excluding carboxylic acids is 1. The van der Waals surface area contributed by atoms with E-state index in [9.17, 15) is 9.59 Å². The second-order valence-corrected chi connectivity index (χ2v) is 9.15. The molecule has 174 valence electrons. The number of fused-ring (bicyclic) bond motifs is 1. The monoisotopic (exact) mass is 455 g/mol. The van der Waals surface area contributed by atoms with Crippen LogP contribution in [0.15, 0.2) is 82.0 Å². The van der Waals surface area contributed by atoms with E-state index in [1.807, 2.05) is 18.2 Å². The summed E-state index contributed by atoms with van der Waals surface area (Å²) in [6.45, 7) is 7.92. The van der Waals surface area contributed by atoms with E-state index in [-0.39, 0.29) is 11.8 Å². The first kappa shape index (κ1) is 22.2. The lowest BCUT2D eigenvalue weighted by Gasteiger charge is -2.36. The average Bonchev–Trinajstić information content (AvgIpc) is 3.20. The van der Waals surface area contributed by atoms with Gasteiger partial charge in [-0.25, -0.2) is 9.36 Å². The summed E-state index contributed by atoms with van der Waals surface area (Å²) >= 11 is 0. The van der Waals surface area contributed by atoms with Crippen molar-refractivity contribution in [3.05, 3.63) is 88.9 Å². The molecular weight excluding hydrogens is 426 g/mol. The lowest BCUT2D eigenvalue weighted by atomic mass is 10.0. The Kier molecular flexibility index (Phi) is 6.07. The third kappa shape index (κ3) is 4.29. The SMILES string of the molecule is CC(C)C(=O)n1c(=O)oc2c(N3CCN(Cc4cccc(-c5ccccc5)c4)CC3)cccc21. The summed E-state index contributed by atoms with van der Waals surface area (Å²) in [5, 5.41) is 0. The van der Waals surface area contributed by atoms with E-state index in [0.29, 0.717) is 11.1 Å². The largest absolute Gasteiger partial charge is 0.426 e. The zero-order valence-corrected chi connectivity index (χ0v) is 19.6. The molecule has 1 aliphatic rings. The van der Waals surface area contributed by atoms with E-state index < -0.39 is 5.76 Å². The molecule has 1 aromatic heterocycles. The molecule has 0 radical (unpaired) electrons. The standard InChI is InChI=1S/C28H29N3O3/c1-20(2)27(32)31-25-13-7-12-24(26(25)34-28(31)33)30-16-14-29(15-17-30)19-21-8-6-11-23(18-21)22-9-4-3-5-10-22/h3-13,18,20H,14-17,19H2,1-2H3. The van der Waals surface area contributed by atoms with E-state index >= 15 is 0 Å². The topological polar surface area (TPSA) is 58.7 Å². The van der Waals surface area contributed by atoms with E-state index in [0.717, 1.165) is 38.4 Å². The van der Waals surface area contributed by atoms with Gasteiger partial charge in [-0.15, -0.1) is 0 Å². The van der Waals surface area contributed by atoms with Crippen molar-refractivity contribution in [3.63, 3.8) is 0 Å². The fraction of sp³-hybridized carbons (Fsp3) is 0.286. The highest BCUT2D eigenvalue weighted by Crippen LogP contribution is 2.28. The van der Waals surface area contributed by atoms with E-state index in [2.05, 4.69) is 58.3 Å². The minimum atomic E-state index is -0.613. The minimum Gasteiger partial charge on any atom is -0.405 e. The van der Waals surface area contributed by atoms with Gasteiger partial charge in [0.05, 0.1) is 5.69 Å². The van der Waals surface area contributed by atoms with E-state index in [4.69, 9.17) is 4.42 Å². The first-order chi connectivity index (χ1) is 16.5. The van der Waals surface area contributed by atoms with Crippen molar-refractivity contribution in [2.24, 2.45) is 5.92 Å². The van der Waals surface area contributed by atoms with E-state index in [1.54, 1.807) is 19.9 Å². The Morgan fingerprint density at radius 3 is 2.32 bits per heavy atom. The third-order valence-corrected chi connectivity index (χ3v) is 6.45. The first-order valence-corrected chi connectivity index (χ1v) is 11.8. The zero-order chi connectivity index (χ0) is 23.7. The van der Waals surface area contributed by atoms with Crippen LogP contribution in [0.2, 0.25) is 0 Å². The Morgan fingerprint density at radius 1 is 0.882 bits per heavy atom. The molecule has 2 heterocycles. The molecule has 34 heavy (non-hydrogen) atoms. The van der Waals surface area contributed by atoms with Crippen molar-refractivity contribution in [2.45, 2.75) is 20.4 Å². The average molecular weight is 456 g/mol. The van der Waals surface area contributed by atoms with Gasteiger partial charge in [0, 0.05) is 38.6 Å². The van der Waals surface area contributed by atoms with Crippen molar-refractivity contribution < 1.29 is 9.21 Å². The molecule has 0 atom stereocenters. The second-order valence-electron chi connectivity index (χ2n) is 9.15. The fourth-order valence-electron chi connectivity index (χ4n) is 4.63. The van der Waals surface area contributed by atoms with E-state index in [1.165, 1.54) is 21.3 Å². The summed E-state index contributed by atoms with van der Waals surface area (Å²) < 4.78 is 6.73. The van der Waals surface area contributed by atoms with Crippen molar-refractivity contribution >= 4 is 22.7 Å². The van der Waals surface area contributed by atoms with Gasteiger partial charge in [-0.05, 0) is 34.9 Å². The van der Waals surface area contributed by atoms with Crippen LogP contribution in [0.5, 0.6) is 0 Å². The maximum absolute atomic E-state index is 12.5. The number of hydrogen-bond donors (Lipinski definition) is 0. The number of hydrogen-bond acceptors (Lipinski definition) is 5. The number of anilines is 1. The third-order valence-electron chi connectivity index (χ3n) is 6.45. The van der Waals surface area contributed by atoms with Crippen LogP contribution in [0, 0.1) is 5.92 Å². The van der Waals surface area contributed by atoms with Gasteiger partial charge >= 0.3 is 5.76 Å². The number of benzene rings is 3. The molecule has 6 heteroatoms. The van der Waals surface area contributed by atoms with Crippen molar-refractivity contribution in [1.82, 2.24) is 9.47 Å². The molecular formula is C28H29N3O3. The number of para-hydroxylation sites is 1. The Hall–Kier alpha value is -3.64. The van der Waals surface area contributed by atoms with Gasteiger partial charge in [0.25, 0.3) is 0 Å². The maximum Gasteiger partial charge on any atom is 0.426 e. The van der Waals surface area contributed by atoms with Gasteiger partial charge in [-0.2, -0.15) is 0 Å². The number of carbonyl (C=O) groups is 1. The molecule has 0 amide bonds. The van der Waals surface area contributed by atoms with Gasteiger partial charge < -0.3 is 9.32 Å². The summed E-state index contributed by atoms with van der Waals surface area (Å²) in [6.07, 6.45) is 0. The van der Waals surface area contributed by atoms with Crippen molar-refractivity contribution in [3.8, 4) is 11.1 Å². The summed E-state index contributed by atoms with van der Waals surface area (Å²) in [7, 11) is 0. The number of aromatic nitrogens is 1. The van der Waals surface area contributed by atoms with Crippen LogP contribution in [0.25, 0.3) is 22.2 Å². The van der Waals surface area contributed by atoms with Gasteiger partial charge in [0.2, 0.25) is 5.91 Å². The summed E-state index contributed by atoms with van der Waals surface area (Å²) in [5.41, 5.74) is 5.67. The molecule has 1 aliphatic heterocycles. The molecule has 6 nitrogen and oxygen atoms in total. The summed E-state index contributed by atoms with van der Waals surface area (Å²) in [6, 6.07) is 24.8. The van der Waals surface area contributed by atoms with Gasteiger partial charge in [-0.1, -0.05) is 68.4 Å². The lowest BCUT2D eigenvalue weighted by molar-refractivity contribution is 0.0851. The number of rotatable bonds is 5. The van der Waals surface area contributed by atoms with Crippen molar-refractivity contribution in [2.75, 3.05) is 31.1 Å². The molecule has 4 aromatic rings. The van der Waals surface area contributed by atoms with Gasteiger partial charge in [-0.3, -0.25) is 9.69 Å². The highest BCUT2D eigenvalue weighted by atomic mass is 16.4. The molecule has 5 rings (SSSR count). The van der Waals surface area contributed by atoms with Gasteiger partial charge in [0.15, 0.2) is 5.58 Å². The summed E-state index contributed by atoms with van der Waals surface area (Å²) in [4.78, 5) is 29.7. The quantitative estimate of drug-likeness (QED) is 0.429. The highest BCUT2D eigenvalue weighted by molar-refractivity contribution is 5.95. The van der Waals surface area contributed by atoms with Crippen molar-refractivity contribution in [1.29, 1.82) is 0 Å². The van der Waals surface area contributed by atoms with Crippen LogP contribution in [0.4, 0.5) is 5.69 Å². The second kappa shape index (κ2) is 9.31. The van der Waals surface area contributed by atoms with Crippen LogP contribution in [0.1, 0.15) is 24.2 Å². The van der Waals surface area contributed by atoms with Crippen LogP contribution in [-0.4, -0.2) is 41.6 Å². The lowest BCUT2D eigenvalue weighted by Crippen LogP contribution is -2.46.